The molecule has 1 atom stereocenters. The highest BCUT2D eigenvalue weighted by atomic mass is 79.9. The highest BCUT2D eigenvalue weighted by Crippen LogP contribution is 2.05. The van der Waals surface area contributed by atoms with E-state index in [1.54, 1.807) is 0 Å². The molecule has 0 aliphatic carbocycles. The average Bonchev–Trinajstić information content (AvgIpc) is 1.86. The second kappa shape index (κ2) is 7.09. The van der Waals surface area contributed by atoms with E-state index >= 15 is 0 Å². The standard InChI is InChI=1S/C6H14BBrO3/c1-6(11-7(9)10)4-2-3-5-8/h6,9-10H,2-5H2,1H3. The summed E-state index contributed by atoms with van der Waals surface area (Å²) in [7, 11) is -1.63. The van der Waals surface area contributed by atoms with E-state index in [0.29, 0.717) is 0 Å². The third-order valence-electron chi connectivity index (χ3n) is 1.35. The predicted octanol–water partition coefficient (Wildman–Crippen LogP) is 0.926. The molecule has 0 amide bonds. The highest BCUT2D eigenvalue weighted by Gasteiger charge is 2.12. The van der Waals surface area contributed by atoms with Crippen LogP contribution < -0.4 is 0 Å². The van der Waals surface area contributed by atoms with Crippen molar-refractivity contribution in [1.29, 1.82) is 0 Å². The molecule has 0 fully saturated rings. The van der Waals surface area contributed by atoms with Crippen LogP contribution in [0.5, 0.6) is 0 Å². The van der Waals surface area contributed by atoms with Crippen molar-refractivity contribution < 1.29 is 14.7 Å². The van der Waals surface area contributed by atoms with Crippen molar-refractivity contribution in [2.45, 2.75) is 32.3 Å². The summed E-state index contributed by atoms with van der Waals surface area (Å²) >= 11 is 3.31. The minimum Gasteiger partial charge on any atom is -0.402 e. The largest absolute Gasteiger partial charge is 0.634 e. The van der Waals surface area contributed by atoms with Crippen molar-refractivity contribution in [1.82, 2.24) is 0 Å². The highest BCUT2D eigenvalue weighted by molar-refractivity contribution is 9.09. The van der Waals surface area contributed by atoms with E-state index in [1.165, 1.54) is 0 Å². The maximum atomic E-state index is 8.40. The number of hydrogen-bond donors (Lipinski definition) is 2. The topological polar surface area (TPSA) is 49.7 Å². The van der Waals surface area contributed by atoms with E-state index in [9.17, 15) is 0 Å². The Hall–Kier alpha value is 0.425. The molecule has 2 N–H and O–H groups in total. The van der Waals surface area contributed by atoms with Gasteiger partial charge in [0.2, 0.25) is 0 Å². The third-order valence-corrected chi connectivity index (χ3v) is 1.91. The van der Waals surface area contributed by atoms with Gasteiger partial charge >= 0.3 is 7.32 Å². The van der Waals surface area contributed by atoms with Crippen LogP contribution in [-0.2, 0) is 4.65 Å². The van der Waals surface area contributed by atoms with Crippen LogP contribution in [0.3, 0.4) is 0 Å². The Balaban J connectivity index is 3.15. The molecule has 5 heteroatoms. The minimum atomic E-state index is -1.63. The molecule has 0 aromatic rings. The molecular weight excluding hydrogens is 211 g/mol. The minimum absolute atomic E-state index is 0.0750. The fourth-order valence-electron chi connectivity index (χ4n) is 0.802. The summed E-state index contributed by atoms with van der Waals surface area (Å²) in [5, 5.41) is 17.8. The third kappa shape index (κ3) is 8.33. The van der Waals surface area contributed by atoms with Gasteiger partial charge in [0.15, 0.2) is 0 Å². The normalized spacial score (nSPS) is 13.1. The van der Waals surface area contributed by atoms with Crippen LogP contribution in [-0.4, -0.2) is 28.8 Å². The molecule has 0 aliphatic rings. The molecule has 0 rings (SSSR count). The molecule has 1 unspecified atom stereocenters. The number of unbranched alkanes of at least 4 members (excludes halogenated alkanes) is 1. The quantitative estimate of drug-likeness (QED) is 0.401. The van der Waals surface area contributed by atoms with Crippen LogP contribution in [0.15, 0.2) is 0 Å². The van der Waals surface area contributed by atoms with Gasteiger partial charge in [-0.15, -0.1) is 0 Å². The van der Waals surface area contributed by atoms with E-state index in [4.69, 9.17) is 14.7 Å². The van der Waals surface area contributed by atoms with Crippen LogP contribution in [0.25, 0.3) is 0 Å². The van der Waals surface area contributed by atoms with Crippen molar-refractivity contribution in [3.63, 3.8) is 0 Å². The zero-order valence-corrected chi connectivity index (χ0v) is 8.25. The molecule has 66 valence electrons. The van der Waals surface area contributed by atoms with Gasteiger partial charge in [-0.3, -0.25) is 0 Å². The molecule has 0 bridgehead atoms. The van der Waals surface area contributed by atoms with Gasteiger partial charge in [0.25, 0.3) is 0 Å². The summed E-state index contributed by atoms with van der Waals surface area (Å²) in [5.41, 5.74) is 0. The molecule has 0 aliphatic heterocycles. The predicted molar refractivity (Wildman–Crippen MR) is 48.4 cm³/mol. The first kappa shape index (κ1) is 11.4. The Morgan fingerprint density at radius 2 is 2.09 bits per heavy atom. The van der Waals surface area contributed by atoms with Gasteiger partial charge in [-0.05, 0) is 19.8 Å². The fourth-order valence-corrected chi connectivity index (χ4v) is 1.20. The van der Waals surface area contributed by atoms with E-state index in [-0.39, 0.29) is 6.10 Å². The first-order chi connectivity index (χ1) is 5.16. The van der Waals surface area contributed by atoms with E-state index in [1.807, 2.05) is 6.92 Å². The van der Waals surface area contributed by atoms with Crippen molar-refractivity contribution in [2.24, 2.45) is 0 Å². The lowest BCUT2D eigenvalue weighted by molar-refractivity contribution is 0.122. The molecule has 3 nitrogen and oxygen atoms in total. The second-order valence-corrected chi connectivity index (χ2v) is 3.25. The molecule has 11 heavy (non-hydrogen) atoms. The van der Waals surface area contributed by atoms with Crippen molar-refractivity contribution in [2.75, 3.05) is 5.33 Å². The Morgan fingerprint density at radius 3 is 2.55 bits per heavy atom. The lowest BCUT2D eigenvalue weighted by Gasteiger charge is -2.11. The first-order valence-corrected chi connectivity index (χ1v) is 4.86. The SMILES string of the molecule is CC(CCCCBr)OB(O)O. The van der Waals surface area contributed by atoms with Crippen LogP contribution in [0, 0.1) is 0 Å². The average molecular weight is 225 g/mol. The number of rotatable bonds is 6. The molecule has 0 aromatic heterocycles. The number of alkyl halides is 1. The zero-order valence-electron chi connectivity index (χ0n) is 6.66. The van der Waals surface area contributed by atoms with E-state index in [2.05, 4.69) is 15.9 Å². The van der Waals surface area contributed by atoms with Crippen LogP contribution in [0.2, 0.25) is 0 Å². The van der Waals surface area contributed by atoms with Crippen LogP contribution in [0.4, 0.5) is 0 Å². The lowest BCUT2D eigenvalue weighted by atomic mass is 10.1. The molecule has 0 saturated carbocycles. The Bertz CT molecular complexity index is 91.9. The second-order valence-electron chi connectivity index (χ2n) is 2.46. The Morgan fingerprint density at radius 1 is 1.45 bits per heavy atom. The summed E-state index contributed by atoms with van der Waals surface area (Å²) in [4.78, 5) is 0. The van der Waals surface area contributed by atoms with E-state index < -0.39 is 7.32 Å². The first-order valence-electron chi connectivity index (χ1n) is 3.74. The Labute approximate surface area is 76.1 Å². The molecule has 0 heterocycles. The molecule has 0 spiro atoms. The Kier molecular flexibility index (Phi) is 7.37. The maximum absolute atomic E-state index is 8.40. The number of hydrogen-bond acceptors (Lipinski definition) is 3. The molecule has 0 radical (unpaired) electrons. The van der Waals surface area contributed by atoms with Crippen molar-refractivity contribution >= 4 is 23.3 Å². The van der Waals surface area contributed by atoms with Gasteiger partial charge in [0.05, 0.1) is 0 Å². The monoisotopic (exact) mass is 224 g/mol. The van der Waals surface area contributed by atoms with Gasteiger partial charge < -0.3 is 14.7 Å². The fraction of sp³-hybridized carbons (Fsp3) is 1.00. The number of halogens is 1. The van der Waals surface area contributed by atoms with Crippen LogP contribution in [0.1, 0.15) is 26.2 Å². The summed E-state index contributed by atoms with van der Waals surface area (Å²) in [6, 6.07) is 0. The van der Waals surface area contributed by atoms with Gasteiger partial charge in [-0.1, -0.05) is 22.4 Å². The van der Waals surface area contributed by atoms with Crippen molar-refractivity contribution in [3.8, 4) is 0 Å². The molecule has 0 aromatic carbocycles. The van der Waals surface area contributed by atoms with Crippen molar-refractivity contribution in [3.05, 3.63) is 0 Å². The molecular formula is C6H14BBrO3. The van der Waals surface area contributed by atoms with Gasteiger partial charge in [0.1, 0.15) is 0 Å². The summed E-state index contributed by atoms with van der Waals surface area (Å²) in [5.74, 6) is 0. The molecule has 0 saturated heterocycles. The zero-order chi connectivity index (χ0) is 8.69. The smallest absolute Gasteiger partial charge is 0.402 e. The summed E-state index contributed by atoms with van der Waals surface area (Å²) < 4.78 is 4.69. The summed E-state index contributed by atoms with van der Waals surface area (Å²) in [6.07, 6.45) is 2.92. The van der Waals surface area contributed by atoms with Crippen LogP contribution >= 0.6 is 15.9 Å². The van der Waals surface area contributed by atoms with Gasteiger partial charge in [0, 0.05) is 11.4 Å². The lowest BCUT2D eigenvalue weighted by Crippen LogP contribution is -2.23. The van der Waals surface area contributed by atoms with Gasteiger partial charge in [-0.2, -0.15) is 0 Å². The van der Waals surface area contributed by atoms with E-state index in [0.717, 1.165) is 24.6 Å². The maximum Gasteiger partial charge on any atom is 0.634 e. The van der Waals surface area contributed by atoms with Gasteiger partial charge in [-0.25, -0.2) is 0 Å². The summed E-state index contributed by atoms with van der Waals surface area (Å²) in [6.45, 7) is 1.83.